The summed E-state index contributed by atoms with van der Waals surface area (Å²) in [5.41, 5.74) is 0.939. The number of halogens is 1. The van der Waals surface area contributed by atoms with Crippen LogP contribution in [0.3, 0.4) is 0 Å². The summed E-state index contributed by atoms with van der Waals surface area (Å²) in [6.45, 7) is 2.54. The molecule has 1 saturated carbocycles. The number of nitrogens with zero attached hydrogens (tertiary/aromatic N) is 1. The van der Waals surface area contributed by atoms with Crippen molar-refractivity contribution in [1.82, 2.24) is 10.2 Å². The van der Waals surface area contributed by atoms with Gasteiger partial charge in [0.05, 0.1) is 0 Å². The van der Waals surface area contributed by atoms with E-state index in [9.17, 15) is 14.0 Å². The van der Waals surface area contributed by atoms with Gasteiger partial charge in [-0.05, 0) is 49.8 Å². The van der Waals surface area contributed by atoms with Crippen LogP contribution >= 0.6 is 0 Å². The van der Waals surface area contributed by atoms with Crippen LogP contribution in [-0.2, 0) is 16.0 Å². The minimum absolute atomic E-state index is 0.0109. The Morgan fingerprint density at radius 1 is 1.12 bits per heavy atom. The Morgan fingerprint density at radius 3 is 2.50 bits per heavy atom. The number of rotatable bonds is 5. The van der Waals surface area contributed by atoms with Gasteiger partial charge in [0.2, 0.25) is 11.8 Å². The first-order valence-electron chi connectivity index (χ1n) is 9.90. The van der Waals surface area contributed by atoms with E-state index < -0.39 is 0 Å². The molecule has 2 atom stereocenters. The van der Waals surface area contributed by atoms with Crippen LogP contribution in [0.15, 0.2) is 24.3 Å². The van der Waals surface area contributed by atoms with Gasteiger partial charge in [-0.3, -0.25) is 9.59 Å². The first kappa shape index (κ1) is 18.9. The predicted octanol–water partition coefficient (Wildman–Crippen LogP) is 3.44. The average molecular weight is 360 g/mol. The number of amides is 2. The Hall–Kier alpha value is -1.91. The Labute approximate surface area is 155 Å². The summed E-state index contributed by atoms with van der Waals surface area (Å²) in [5, 5.41) is 3.17. The summed E-state index contributed by atoms with van der Waals surface area (Å²) in [6, 6.07) is 6.21. The molecular weight excluding hydrogens is 331 g/mol. The number of hydrogen-bond acceptors (Lipinski definition) is 2. The summed E-state index contributed by atoms with van der Waals surface area (Å²) in [6.07, 6.45) is 7.87. The fourth-order valence-corrected chi connectivity index (χ4v) is 4.19. The van der Waals surface area contributed by atoms with E-state index in [4.69, 9.17) is 0 Å². The van der Waals surface area contributed by atoms with E-state index in [1.165, 1.54) is 31.4 Å². The Morgan fingerprint density at radius 2 is 1.81 bits per heavy atom. The van der Waals surface area contributed by atoms with Crippen molar-refractivity contribution < 1.29 is 14.0 Å². The molecule has 1 aromatic carbocycles. The van der Waals surface area contributed by atoms with Crippen LogP contribution in [0.25, 0.3) is 0 Å². The van der Waals surface area contributed by atoms with Crippen molar-refractivity contribution in [3.05, 3.63) is 35.6 Å². The molecule has 1 unspecified atom stereocenters. The second kappa shape index (κ2) is 8.65. The lowest BCUT2D eigenvalue weighted by Crippen LogP contribution is -2.50. The van der Waals surface area contributed by atoms with Crippen LogP contribution in [0, 0.1) is 11.7 Å². The maximum Gasteiger partial charge on any atom is 0.243 e. The first-order valence-corrected chi connectivity index (χ1v) is 9.90. The largest absolute Gasteiger partial charge is 0.352 e. The highest BCUT2D eigenvalue weighted by atomic mass is 19.1. The summed E-state index contributed by atoms with van der Waals surface area (Å²) in [5.74, 6) is -0.456. The van der Waals surface area contributed by atoms with E-state index in [-0.39, 0.29) is 35.6 Å². The minimum atomic E-state index is -0.333. The van der Waals surface area contributed by atoms with E-state index in [0.29, 0.717) is 13.0 Å². The Kier molecular flexibility index (Phi) is 6.28. The Balaban J connectivity index is 1.58. The fraction of sp³-hybridized carbons (Fsp3) is 0.619. The van der Waals surface area contributed by atoms with Gasteiger partial charge < -0.3 is 10.2 Å². The van der Waals surface area contributed by atoms with Gasteiger partial charge in [-0.1, -0.05) is 38.3 Å². The molecule has 142 valence electrons. The zero-order chi connectivity index (χ0) is 18.5. The van der Waals surface area contributed by atoms with Crippen LogP contribution in [0.2, 0.25) is 0 Å². The highest BCUT2D eigenvalue weighted by Gasteiger charge is 2.36. The predicted molar refractivity (Wildman–Crippen MR) is 99.0 cm³/mol. The summed E-state index contributed by atoms with van der Waals surface area (Å²) < 4.78 is 13.0. The van der Waals surface area contributed by atoms with Gasteiger partial charge in [-0.15, -0.1) is 0 Å². The van der Waals surface area contributed by atoms with Crippen LogP contribution in [0.4, 0.5) is 4.39 Å². The molecule has 0 bridgehead atoms. The van der Waals surface area contributed by atoms with Crippen molar-refractivity contribution in [3.63, 3.8) is 0 Å². The fourth-order valence-electron chi connectivity index (χ4n) is 4.19. The van der Waals surface area contributed by atoms with Crippen molar-refractivity contribution >= 4 is 11.8 Å². The van der Waals surface area contributed by atoms with Gasteiger partial charge in [-0.25, -0.2) is 4.39 Å². The molecule has 0 aromatic heterocycles. The maximum absolute atomic E-state index is 13.0. The topological polar surface area (TPSA) is 49.4 Å². The van der Waals surface area contributed by atoms with E-state index in [2.05, 4.69) is 5.32 Å². The number of carbonyl (C=O) groups excluding carboxylic acids is 2. The molecule has 4 nitrogen and oxygen atoms in total. The van der Waals surface area contributed by atoms with E-state index in [0.717, 1.165) is 31.2 Å². The second-order valence-electron chi connectivity index (χ2n) is 7.76. The lowest BCUT2D eigenvalue weighted by atomic mass is 9.95. The Bertz CT molecular complexity index is 625. The molecule has 1 aliphatic heterocycles. The van der Waals surface area contributed by atoms with Crippen LogP contribution in [-0.4, -0.2) is 35.3 Å². The molecule has 5 heteroatoms. The molecule has 2 fully saturated rings. The quantitative estimate of drug-likeness (QED) is 0.874. The number of hydrogen-bond donors (Lipinski definition) is 1. The van der Waals surface area contributed by atoms with Gasteiger partial charge in [0.25, 0.3) is 0 Å². The van der Waals surface area contributed by atoms with Crippen LogP contribution in [0.5, 0.6) is 0 Å². The number of likely N-dealkylation sites (tertiary alicyclic amines) is 1. The van der Waals surface area contributed by atoms with E-state index >= 15 is 0 Å². The van der Waals surface area contributed by atoms with Crippen LogP contribution in [0.1, 0.15) is 57.4 Å². The van der Waals surface area contributed by atoms with Crippen molar-refractivity contribution in [1.29, 1.82) is 0 Å². The van der Waals surface area contributed by atoms with Crippen molar-refractivity contribution in [2.24, 2.45) is 5.92 Å². The molecule has 0 radical (unpaired) electrons. The summed E-state index contributed by atoms with van der Waals surface area (Å²) in [4.78, 5) is 27.4. The molecule has 2 amide bonds. The van der Waals surface area contributed by atoms with Crippen molar-refractivity contribution in [3.8, 4) is 0 Å². The van der Waals surface area contributed by atoms with Crippen LogP contribution < -0.4 is 5.32 Å². The summed E-state index contributed by atoms with van der Waals surface area (Å²) >= 11 is 0. The minimum Gasteiger partial charge on any atom is -0.352 e. The highest BCUT2D eigenvalue weighted by molar-refractivity contribution is 5.89. The highest BCUT2D eigenvalue weighted by Crippen LogP contribution is 2.23. The number of carbonyl (C=O) groups is 2. The first-order chi connectivity index (χ1) is 12.5. The van der Waals surface area contributed by atoms with Gasteiger partial charge in [0.15, 0.2) is 0 Å². The van der Waals surface area contributed by atoms with E-state index in [1.54, 1.807) is 17.0 Å². The summed E-state index contributed by atoms with van der Waals surface area (Å²) in [7, 11) is 0. The number of nitrogens with one attached hydrogen (secondary N) is 1. The standard InChI is InChI=1S/C21H29FN2O2/c1-15(14-16-9-11-17(22)12-10-16)21(26)24-13-5-8-19(24)20(25)23-18-6-3-2-4-7-18/h9-12,15,18-19H,2-8,13-14H2,1H3,(H,23,25)/t15?,19-/m0/s1. The monoisotopic (exact) mass is 360 g/mol. The third kappa shape index (κ3) is 4.63. The zero-order valence-corrected chi connectivity index (χ0v) is 15.5. The SMILES string of the molecule is CC(Cc1ccc(F)cc1)C(=O)N1CCC[C@H]1C(=O)NC1CCCCC1. The zero-order valence-electron chi connectivity index (χ0n) is 15.5. The normalized spacial score (nSPS) is 22.2. The molecular formula is C21H29FN2O2. The molecule has 1 aromatic rings. The van der Waals surface area contributed by atoms with Crippen molar-refractivity contribution in [2.75, 3.05) is 6.54 Å². The van der Waals surface area contributed by atoms with Gasteiger partial charge in [0.1, 0.15) is 11.9 Å². The third-order valence-electron chi connectivity index (χ3n) is 5.67. The molecule has 1 heterocycles. The van der Waals surface area contributed by atoms with Crippen molar-refractivity contribution in [2.45, 2.75) is 70.4 Å². The lowest BCUT2D eigenvalue weighted by Gasteiger charge is -2.29. The van der Waals surface area contributed by atoms with Gasteiger partial charge in [-0.2, -0.15) is 0 Å². The lowest BCUT2D eigenvalue weighted by molar-refractivity contribution is -0.141. The number of benzene rings is 1. The van der Waals surface area contributed by atoms with Gasteiger partial charge in [0, 0.05) is 18.5 Å². The molecule has 2 aliphatic rings. The molecule has 1 N–H and O–H groups in total. The molecule has 1 aliphatic carbocycles. The maximum atomic E-state index is 13.0. The second-order valence-corrected chi connectivity index (χ2v) is 7.76. The smallest absolute Gasteiger partial charge is 0.243 e. The van der Waals surface area contributed by atoms with Gasteiger partial charge >= 0.3 is 0 Å². The van der Waals surface area contributed by atoms with E-state index in [1.807, 2.05) is 6.92 Å². The average Bonchev–Trinajstić information content (AvgIpc) is 3.13. The molecule has 26 heavy (non-hydrogen) atoms. The third-order valence-corrected chi connectivity index (χ3v) is 5.67. The molecule has 3 rings (SSSR count). The molecule has 0 spiro atoms. The molecule has 1 saturated heterocycles.